The number of carbonyl (C=O) groups is 4. The Morgan fingerprint density at radius 3 is 2.10 bits per heavy atom. The molecule has 3 amide bonds. The molecule has 0 aliphatic carbocycles. The zero-order valence-corrected chi connectivity index (χ0v) is 33.0. The largest absolute Gasteiger partial charge is 0.493 e. The zero-order chi connectivity index (χ0) is 40.7. The minimum Gasteiger partial charge on any atom is -0.493 e. The van der Waals surface area contributed by atoms with Crippen molar-refractivity contribution in [1.82, 2.24) is 15.1 Å². The number of fused-ring (bicyclic) bond motifs is 6. The average Bonchev–Trinajstić information content (AvgIpc) is 3.29. The molecule has 4 aromatic carbocycles. The summed E-state index contributed by atoms with van der Waals surface area (Å²) < 4.78 is 23.3. The van der Waals surface area contributed by atoms with Gasteiger partial charge < -0.3 is 44.1 Å². The number of nitrogens with zero attached hydrogens (tertiary/aromatic N) is 4. The highest BCUT2D eigenvalue weighted by Gasteiger charge is 2.42. The molecule has 14 nitrogen and oxygen atoms in total. The van der Waals surface area contributed by atoms with Crippen LogP contribution in [0.2, 0.25) is 0 Å². The predicted octanol–water partition coefficient (Wildman–Crippen LogP) is 3.65. The van der Waals surface area contributed by atoms with E-state index < -0.39 is 24.2 Å². The second-order valence-corrected chi connectivity index (χ2v) is 15.1. The molecule has 0 saturated carbocycles. The molecule has 0 saturated heterocycles. The van der Waals surface area contributed by atoms with Gasteiger partial charge in [-0.15, -0.1) is 0 Å². The van der Waals surface area contributed by atoms with E-state index in [9.17, 15) is 24.3 Å². The van der Waals surface area contributed by atoms with E-state index in [-0.39, 0.29) is 37.4 Å². The van der Waals surface area contributed by atoms with Crippen molar-refractivity contribution in [2.45, 2.75) is 50.7 Å². The molecule has 0 spiro atoms. The number of ether oxygens (including phenoxy) is 4. The standard InChI is InChI=1S/C44H47N5O9/c1-46-15-13-36(50)34-17-26-9-5-7-11-28(26)23-48(34)42(52)30-19-38(56-4)40(21-32(30)46)58-25-41(51)45-14-16-57-39-22-33-31(20-37(39)55-3)43(53)49-24-29-12-8-6-10-27(29)18-35(49)44(54)47(33)2/h5-12,19-22,34-35,42,52H,13-18,23-25H2,1-4H3,(H,45,51)/t34?,35-,42?/m0/s1. The predicted molar refractivity (Wildman–Crippen MR) is 215 cm³/mol. The Morgan fingerprint density at radius 2 is 1.40 bits per heavy atom. The summed E-state index contributed by atoms with van der Waals surface area (Å²) in [6.45, 7) is 1.04. The number of likely N-dealkylation sites (N-methyl/N-ethyl adjacent to an activating group) is 1. The molecule has 4 aliphatic heterocycles. The number of benzene rings is 4. The number of hydrogen-bond acceptors (Lipinski definition) is 11. The molecule has 0 fully saturated rings. The molecule has 0 bridgehead atoms. The van der Waals surface area contributed by atoms with Crippen LogP contribution in [0.25, 0.3) is 0 Å². The molecular weight excluding hydrogens is 743 g/mol. The first-order valence-corrected chi connectivity index (χ1v) is 19.4. The minimum absolute atomic E-state index is 0.0576. The number of aliphatic hydroxyl groups excluding tert-OH is 1. The minimum atomic E-state index is -1.09. The van der Waals surface area contributed by atoms with Crippen LogP contribution < -0.4 is 34.1 Å². The first-order valence-electron chi connectivity index (χ1n) is 19.4. The van der Waals surface area contributed by atoms with Crippen LogP contribution >= 0.6 is 0 Å². The third-order valence-electron chi connectivity index (χ3n) is 11.7. The fourth-order valence-electron chi connectivity index (χ4n) is 8.49. The third kappa shape index (κ3) is 7.17. The molecule has 4 aliphatic rings. The van der Waals surface area contributed by atoms with E-state index in [2.05, 4.69) is 5.32 Å². The molecule has 4 aromatic rings. The number of aliphatic hydroxyl groups is 1. The number of methoxy groups -OCH3 is 2. The summed E-state index contributed by atoms with van der Waals surface area (Å²) in [6.07, 6.45) is 0.166. The second kappa shape index (κ2) is 16.0. The van der Waals surface area contributed by atoms with E-state index in [1.54, 1.807) is 36.2 Å². The number of rotatable bonds is 9. The normalized spacial score (nSPS) is 20.1. The number of ketones is 1. The topological polar surface area (TPSA) is 150 Å². The van der Waals surface area contributed by atoms with Gasteiger partial charge in [0, 0.05) is 70.0 Å². The molecule has 8 rings (SSSR count). The maximum atomic E-state index is 13.9. The van der Waals surface area contributed by atoms with Crippen LogP contribution in [0.5, 0.6) is 23.0 Å². The number of anilines is 2. The van der Waals surface area contributed by atoms with Gasteiger partial charge in [-0.2, -0.15) is 0 Å². The maximum absolute atomic E-state index is 13.9. The van der Waals surface area contributed by atoms with Crippen molar-refractivity contribution in [2.24, 2.45) is 0 Å². The van der Waals surface area contributed by atoms with E-state index in [0.717, 1.165) is 22.3 Å². The fraction of sp³-hybridized carbons (Fsp3) is 0.364. The van der Waals surface area contributed by atoms with Gasteiger partial charge in [0.05, 0.1) is 38.1 Å². The van der Waals surface area contributed by atoms with Gasteiger partial charge in [0.25, 0.3) is 11.8 Å². The summed E-state index contributed by atoms with van der Waals surface area (Å²) in [5, 5.41) is 14.6. The van der Waals surface area contributed by atoms with Gasteiger partial charge in [0.1, 0.15) is 18.9 Å². The first kappa shape index (κ1) is 38.7. The average molecular weight is 790 g/mol. The Labute approximate surface area is 336 Å². The van der Waals surface area contributed by atoms with Crippen molar-refractivity contribution >= 4 is 34.9 Å². The van der Waals surface area contributed by atoms with Crippen molar-refractivity contribution in [2.75, 3.05) is 64.4 Å². The molecule has 2 N–H and O–H groups in total. The van der Waals surface area contributed by atoms with Crippen LogP contribution in [-0.4, -0.2) is 105 Å². The maximum Gasteiger partial charge on any atom is 0.258 e. The Hall–Kier alpha value is -6.12. The molecule has 3 atom stereocenters. The Morgan fingerprint density at radius 1 is 0.776 bits per heavy atom. The van der Waals surface area contributed by atoms with Crippen molar-refractivity contribution < 1.29 is 43.2 Å². The lowest BCUT2D eigenvalue weighted by Crippen LogP contribution is -2.50. The Kier molecular flexibility index (Phi) is 10.7. The van der Waals surface area contributed by atoms with Crippen LogP contribution in [0.3, 0.4) is 0 Å². The van der Waals surface area contributed by atoms with Crippen molar-refractivity contribution in [3.05, 3.63) is 106 Å². The van der Waals surface area contributed by atoms with Gasteiger partial charge in [-0.3, -0.25) is 24.1 Å². The number of nitrogens with one attached hydrogen (secondary N) is 1. The summed E-state index contributed by atoms with van der Waals surface area (Å²) in [5.74, 6) is 0.476. The molecule has 14 heteroatoms. The molecule has 0 radical (unpaired) electrons. The number of Topliss-reactive ketones (excluding diaryl/α,β-unsaturated/α-hetero) is 1. The van der Waals surface area contributed by atoms with Gasteiger partial charge in [-0.05, 0) is 40.8 Å². The molecule has 0 aromatic heterocycles. The number of hydrogen-bond donors (Lipinski definition) is 2. The Balaban J connectivity index is 0.919. The van der Waals surface area contributed by atoms with Crippen LogP contribution in [0.1, 0.15) is 50.8 Å². The number of amides is 3. The van der Waals surface area contributed by atoms with Gasteiger partial charge >= 0.3 is 0 Å². The van der Waals surface area contributed by atoms with E-state index in [1.807, 2.05) is 65.4 Å². The molecule has 4 heterocycles. The highest BCUT2D eigenvalue weighted by Crippen LogP contribution is 2.43. The lowest BCUT2D eigenvalue weighted by Gasteiger charge is -2.39. The van der Waals surface area contributed by atoms with Crippen molar-refractivity contribution in [1.29, 1.82) is 0 Å². The van der Waals surface area contributed by atoms with E-state index >= 15 is 0 Å². The molecule has 2 unspecified atom stereocenters. The SMILES string of the molecule is COc1cc2c(cc1OCCNC(=O)COc1cc3c(cc1OC)C(O)N1Cc4ccccc4CC1C(=O)CCN3C)N(C)C(=O)[C@@H]1Cc3ccccc3CN1C2=O. The summed E-state index contributed by atoms with van der Waals surface area (Å²) in [5.41, 5.74) is 6.23. The van der Waals surface area contributed by atoms with Crippen LogP contribution in [0.15, 0.2) is 72.8 Å². The van der Waals surface area contributed by atoms with Crippen LogP contribution in [-0.2, 0) is 40.3 Å². The summed E-state index contributed by atoms with van der Waals surface area (Å²) in [6, 6.07) is 21.4. The molecule has 58 heavy (non-hydrogen) atoms. The lowest BCUT2D eigenvalue weighted by atomic mass is 9.90. The van der Waals surface area contributed by atoms with Crippen molar-refractivity contribution in [3.63, 3.8) is 0 Å². The van der Waals surface area contributed by atoms with E-state index in [1.165, 1.54) is 19.1 Å². The highest BCUT2D eigenvalue weighted by molar-refractivity contribution is 6.11. The first-order chi connectivity index (χ1) is 28.1. The fourth-order valence-corrected chi connectivity index (χ4v) is 8.49. The lowest BCUT2D eigenvalue weighted by molar-refractivity contribution is -0.131. The monoisotopic (exact) mass is 789 g/mol. The van der Waals surface area contributed by atoms with Crippen LogP contribution in [0, 0.1) is 0 Å². The summed E-state index contributed by atoms with van der Waals surface area (Å²) >= 11 is 0. The van der Waals surface area contributed by atoms with Gasteiger partial charge in [-0.25, -0.2) is 0 Å². The number of carbonyl (C=O) groups excluding carboxylic acids is 4. The highest BCUT2D eigenvalue weighted by atomic mass is 16.5. The smallest absolute Gasteiger partial charge is 0.258 e. The third-order valence-corrected chi connectivity index (χ3v) is 11.7. The van der Waals surface area contributed by atoms with Crippen molar-refractivity contribution in [3.8, 4) is 23.0 Å². The quantitative estimate of drug-likeness (QED) is 0.240. The second-order valence-electron chi connectivity index (χ2n) is 15.1. The van der Waals surface area contributed by atoms with E-state index in [0.29, 0.717) is 84.4 Å². The van der Waals surface area contributed by atoms with Gasteiger partial charge in [0.15, 0.2) is 35.4 Å². The summed E-state index contributed by atoms with van der Waals surface area (Å²) in [7, 11) is 6.48. The van der Waals surface area contributed by atoms with Crippen LogP contribution in [0.4, 0.5) is 11.4 Å². The summed E-state index contributed by atoms with van der Waals surface area (Å²) in [4.78, 5) is 61.0. The Bertz CT molecular complexity index is 2280. The van der Waals surface area contributed by atoms with E-state index in [4.69, 9.17) is 18.9 Å². The molecule has 302 valence electrons. The van der Waals surface area contributed by atoms with Gasteiger partial charge in [-0.1, -0.05) is 48.5 Å². The van der Waals surface area contributed by atoms with Gasteiger partial charge in [0.2, 0.25) is 5.91 Å². The molecular formula is C44H47N5O9. The zero-order valence-electron chi connectivity index (χ0n) is 33.0.